The summed E-state index contributed by atoms with van der Waals surface area (Å²) < 4.78 is 26.6. The minimum absolute atomic E-state index is 0.0471. The van der Waals surface area contributed by atoms with Crippen LogP contribution in [0.4, 0.5) is 0 Å². The lowest BCUT2D eigenvalue weighted by Crippen LogP contribution is -2.61. The number of sulfonamides is 1. The van der Waals surface area contributed by atoms with Gasteiger partial charge in [0.15, 0.2) is 0 Å². The maximum Gasteiger partial charge on any atom is 0.225 e. The molecule has 2 amide bonds. The normalized spacial score (nSPS) is 20.2. The molecule has 1 aromatic carbocycles. The molecule has 8 nitrogen and oxygen atoms in total. The van der Waals surface area contributed by atoms with Crippen LogP contribution in [0.1, 0.15) is 17.5 Å². The van der Waals surface area contributed by atoms with Crippen LogP contribution < -0.4 is 5.32 Å². The first kappa shape index (κ1) is 20.5. The molecule has 2 saturated heterocycles. The summed E-state index contributed by atoms with van der Waals surface area (Å²) in [5.74, 6) is -0.705. The number of likely N-dealkylation sites (tertiary alicyclic amines) is 1. The van der Waals surface area contributed by atoms with Crippen LogP contribution in [-0.4, -0.2) is 60.1 Å². The molecule has 1 atom stereocenters. The molecule has 1 aromatic heterocycles. The Morgan fingerprint density at radius 1 is 1.03 bits per heavy atom. The highest BCUT2D eigenvalue weighted by Crippen LogP contribution is 2.27. The molecule has 1 N–H and O–H groups in total. The third-order valence-electron chi connectivity index (χ3n) is 5.60. The molecule has 0 bridgehead atoms. The van der Waals surface area contributed by atoms with Gasteiger partial charge in [-0.2, -0.15) is 4.31 Å². The minimum Gasteiger partial charge on any atom is -0.352 e. The number of nitrogens with zero attached hydrogens (tertiary/aromatic N) is 3. The monoisotopic (exact) mass is 428 g/mol. The lowest BCUT2D eigenvalue weighted by atomic mass is 10.1. The van der Waals surface area contributed by atoms with Crippen molar-refractivity contribution in [1.29, 1.82) is 0 Å². The predicted molar refractivity (Wildman–Crippen MR) is 110 cm³/mol. The number of pyridine rings is 1. The van der Waals surface area contributed by atoms with Gasteiger partial charge in [0.05, 0.1) is 17.7 Å². The zero-order valence-corrected chi connectivity index (χ0v) is 17.3. The fraction of sp³-hybridized carbons (Fsp3) is 0.381. The van der Waals surface area contributed by atoms with Crippen LogP contribution in [-0.2, 0) is 31.9 Å². The van der Waals surface area contributed by atoms with Crippen LogP contribution in [0.2, 0.25) is 0 Å². The van der Waals surface area contributed by atoms with Crippen molar-refractivity contribution in [2.24, 2.45) is 5.92 Å². The van der Waals surface area contributed by atoms with Gasteiger partial charge < -0.3 is 10.2 Å². The Kier molecular flexibility index (Phi) is 5.83. The second kappa shape index (κ2) is 8.53. The Morgan fingerprint density at radius 2 is 1.73 bits per heavy atom. The fourth-order valence-electron chi connectivity index (χ4n) is 3.81. The zero-order valence-electron chi connectivity index (χ0n) is 16.5. The highest BCUT2D eigenvalue weighted by atomic mass is 32.2. The van der Waals surface area contributed by atoms with Gasteiger partial charge in [-0.15, -0.1) is 0 Å². The number of nitrogens with one attached hydrogen (secondary N) is 1. The summed E-state index contributed by atoms with van der Waals surface area (Å²) in [4.78, 5) is 30.5. The van der Waals surface area contributed by atoms with E-state index in [-0.39, 0.29) is 43.1 Å². The van der Waals surface area contributed by atoms with Crippen molar-refractivity contribution in [3.8, 4) is 0 Å². The first-order valence-corrected chi connectivity index (χ1v) is 11.5. The molecule has 30 heavy (non-hydrogen) atoms. The molecule has 2 aliphatic rings. The van der Waals surface area contributed by atoms with Crippen molar-refractivity contribution in [3.05, 3.63) is 66.0 Å². The van der Waals surface area contributed by atoms with E-state index in [1.54, 1.807) is 29.4 Å². The molecule has 0 spiro atoms. The molecule has 158 valence electrons. The quantitative estimate of drug-likeness (QED) is 0.702. The summed E-state index contributed by atoms with van der Waals surface area (Å²) >= 11 is 0. The van der Waals surface area contributed by atoms with E-state index in [0.29, 0.717) is 13.1 Å². The van der Waals surface area contributed by atoms with Gasteiger partial charge in [0.1, 0.15) is 0 Å². The largest absolute Gasteiger partial charge is 0.352 e. The van der Waals surface area contributed by atoms with Gasteiger partial charge in [-0.3, -0.25) is 14.6 Å². The van der Waals surface area contributed by atoms with Crippen LogP contribution in [0.15, 0.2) is 54.9 Å². The van der Waals surface area contributed by atoms with Crippen LogP contribution in [0.25, 0.3) is 0 Å². The van der Waals surface area contributed by atoms with Crippen molar-refractivity contribution in [3.63, 3.8) is 0 Å². The average molecular weight is 429 g/mol. The first-order valence-electron chi connectivity index (χ1n) is 9.90. The number of rotatable bonds is 7. The van der Waals surface area contributed by atoms with E-state index in [0.717, 1.165) is 11.1 Å². The molecule has 2 aliphatic heterocycles. The summed E-state index contributed by atoms with van der Waals surface area (Å²) in [6.45, 7) is 1.29. The minimum atomic E-state index is -3.41. The third kappa shape index (κ3) is 4.52. The Labute approximate surface area is 175 Å². The Morgan fingerprint density at radius 3 is 2.43 bits per heavy atom. The van der Waals surface area contributed by atoms with Gasteiger partial charge in [0, 0.05) is 45.0 Å². The van der Waals surface area contributed by atoms with Crippen molar-refractivity contribution in [2.45, 2.75) is 24.8 Å². The van der Waals surface area contributed by atoms with Crippen LogP contribution in [0.3, 0.4) is 0 Å². The molecule has 4 rings (SSSR count). The lowest BCUT2D eigenvalue weighted by Gasteiger charge is -2.43. The van der Waals surface area contributed by atoms with Crippen molar-refractivity contribution < 1.29 is 18.0 Å². The Balaban J connectivity index is 1.28. The van der Waals surface area contributed by atoms with Gasteiger partial charge in [-0.05, 0) is 23.3 Å². The van der Waals surface area contributed by atoms with Crippen molar-refractivity contribution in [1.82, 2.24) is 19.5 Å². The van der Waals surface area contributed by atoms with E-state index in [1.165, 1.54) is 4.31 Å². The van der Waals surface area contributed by atoms with E-state index in [2.05, 4.69) is 10.3 Å². The number of aromatic nitrogens is 1. The van der Waals surface area contributed by atoms with Crippen LogP contribution in [0.5, 0.6) is 0 Å². The highest BCUT2D eigenvalue weighted by Gasteiger charge is 2.45. The second-order valence-electron chi connectivity index (χ2n) is 7.73. The van der Waals surface area contributed by atoms with Crippen LogP contribution >= 0.6 is 0 Å². The number of hydrogen-bond donors (Lipinski definition) is 1. The summed E-state index contributed by atoms with van der Waals surface area (Å²) in [6, 6.07) is 12.5. The van der Waals surface area contributed by atoms with E-state index in [1.807, 2.05) is 30.3 Å². The number of amides is 2. The number of carbonyl (C=O) groups is 2. The Hall–Kier alpha value is -2.78. The molecule has 9 heteroatoms. The third-order valence-corrected chi connectivity index (χ3v) is 7.38. The Bertz CT molecular complexity index is 1010. The average Bonchev–Trinajstić information content (AvgIpc) is 3.07. The summed E-state index contributed by atoms with van der Waals surface area (Å²) in [5, 5.41) is 2.87. The van der Waals surface area contributed by atoms with Gasteiger partial charge in [0.2, 0.25) is 21.8 Å². The second-order valence-corrected chi connectivity index (χ2v) is 9.70. The first-order chi connectivity index (χ1) is 14.4. The molecular weight excluding hydrogens is 404 g/mol. The molecule has 0 saturated carbocycles. The number of benzene rings is 1. The molecule has 2 aromatic rings. The van der Waals surface area contributed by atoms with E-state index < -0.39 is 15.9 Å². The predicted octanol–water partition coefficient (Wildman–Crippen LogP) is 0.761. The zero-order chi connectivity index (χ0) is 21.1. The molecule has 2 fully saturated rings. The summed E-state index contributed by atoms with van der Waals surface area (Å²) in [7, 11) is -3.41. The lowest BCUT2D eigenvalue weighted by molar-refractivity contribution is -0.132. The van der Waals surface area contributed by atoms with Crippen molar-refractivity contribution >= 4 is 21.8 Å². The standard InChI is InChI=1S/C21H24N4O4S/c26-20-10-18(21(27)23-11-16-6-8-22-9-7-16)12-25(20)19-13-24(14-19)30(28,29)15-17-4-2-1-3-5-17/h1-9,18-19H,10-15H2,(H,23,27). The maximum absolute atomic E-state index is 12.6. The van der Waals surface area contributed by atoms with Gasteiger partial charge in [0.25, 0.3) is 0 Å². The highest BCUT2D eigenvalue weighted by molar-refractivity contribution is 7.88. The van der Waals surface area contributed by atoms with E-state index in [4.69, 9.17) is 0 Å². The topological polar surface area (TPSA) is 99.7 Å². The SMILES string of the molecule is O=C(NCc1ccncc1)C1CC(=O)N(C2CN(S(=O)(=O)Cc3ccccc3)C2)C1. The van der Waals surface area contributed by atoms with Gasteiger partial charge in [-0.25, -0.2) is 8.42 Å². The number of carbonyl (C=O) groups excluding carboxylic acids is 2. The fourth-order valence-corrected chi connectivity index (χ4v) is 5.41. The molecule has 0 aliphatic carbocycles. The number of hydrogen-bond acceptors (Lipinski definition) is 5. The molecule has 3 heterocycles. The summed E-state index contributed by atoms with van der Waals surface area (Å²) in [5.41, 5.74) is 1.68. The smallest absolute Gasteiger partial charge is 0.225 e. The van der Waals surface area contributed by atoms with E-state index >= 15 is 0 Å². The molecular formula is C21H24N4O4S. The summed E-state index contributed by atoms with van der Waals surface area (Å²) in [6.07, 6.45) is 3.49. The van der Waals surface area contributed by atoms with Crippen LogP contribution in [0, 0.1) is 5.92 Å². The molecule has 0 radical (unpaired) electrons. The van der Waals surface area contributed by atoms with Crippen molar-refractivity contribution in [2.75, 3.05) is 19.6 Å². The van der Waals surface area contributed by atoms with Gasteiger partial charge >= 0.3 is 0 Å². The maximum atomic E-state index is 12.6. The molecule has 1 unspecified atom stereocenters. The van der Waals surface area contributed by atoms with E-state index in [9.17, 15) is 18.0 Å². The van der Waals surface area contributed by atoms with Gasteiger partial charge in [-0.1, -0.05) is 30.3 Å².